The van der Waals surface area contributed by atoms with E-state index in [0.29, 0.717) is 5.25 Å². The van der Waals surface area contributed by atoms with Crippen LogP contribution in [0.25, 0.3) is 0 Å². The Balaban J connectivity index is 0.000000437. The second kappa shape index (κ2) is 9.42. The van der Waals surface area contributed by atoms with Gasteiger partial charge in [0.1, 0.15) is 0 Å². The van der Waals surface area contributed by atoms with Crippen LogP contribution in [0, 0.1) is 12.8 Å². The van der Waals surface area contributed by atoms with Crippen molar-refractivity contribution >= 4 is 11.9 Å². The minimum absolute atomic E-state index is 0.405. The maximum absolute atomic E-state index is 5.42. The third-order valence-corrected chi connectivity index (χ3v) is 3.01. The van der Waals surface area contributed by atoms with Gasteiger partial charge in [-0.1, -0.05) is 46.1 Å². The molecule has 0 spiro atoms. The molecule has 17 heavy (non-hydrogen) atoms. The Labute approximate surface area is 110 Å². The van der Waals surface area contributed by atoms with E-state index in [1.165, 1.54) is 18.4 Å². The van der Waals surface area contributed by atoms with Gasteiger partial charge < -0.3 is 0 Å². The van der Waals surface area contributed by atoms with Crippen molar-refractivity contribution in [1.29, 1.82) is 0 Å². The number of nitrogens with two attached hydrogens (primary N) is 1. The molecule has 0 aliphatic carbocycles. The maximum Gasteiger partial charge on any atom is 0.0598 e. The van der Waals surface area contributed by atoms with Crippen molar-refractivity contribution in [1.82, 2.24) is 9.97 Å². The molecule has 0 saturated heterocycles. The van der Waals surface area contributed by atoms with Crippen LogP contribution in [-0.4, -0.2) is 15.2 Å². The predicted octanol–water partition coefficient (Wildman–Crippen LogP) is 3.38. The molecule has 0 aliphatic heterocycles. The maximum atomic E-state index is 5.42. The summed E-state index contributed by atoms with van der Waals surface area (Å²) < 4.78 is 0. The van der Waals surface area contributed by atoms with Crippen LogP contribution >= 0.6 is 11.9 Å². The molecule has 1 aromatic heterocycles. The van der Waals surface area contributed by atoms with E-state index in [1.54, 1.807) is 6.20 Å². The lowest BCUT2D eigenvalue weighted by atomic mass is 10.2. The Kier molecular flexibility index (Phi) is 9.09. The molecule has 3 nitrogen and oxygen atoms in total. The van der Waals surface area contributed by atoms with Crippen LogP contribution in [0.5, 0.6) is 0 Å². The van der Waals surface area contributed by atoms with Crippen LogP contribution in [0.4, 0.5) is 0 Å². The van der Waals surface area contributed by atoms with Crippen LogP contribution in [0.3, 0.4) is 0 Å². The van der Waals surface area contributed by atoms with Crippen molar-refractivity contribution in [3.63, 3.8) is 0 Å². The van der Waals surface area contributed by atoms with E-state index in [2.05, 4.69) is 37.7 Å². The number of hydrogen-bond acceptors (Lipinski definition) is 4. The average molecular weight is 255 g/mol. The fraction of sp³-hybridized carbons (Fsp3) is 0.692. The molecule has 0 fully saturated rings. The van der Waals surface area contributed by atoms with Gasteiger partial charge in [-0.2, -0.15) is 0 Å². The van der Waals surface area contributed by atoms with E-state index in [9.17, 15) is 0 Å². The van der Waals surface area contributed by atoms with Gasteiger partial charge in [0.15, 0.2) is 0 Å². The molecule has 1 heterocycles. The first-order valence-electron chi connectivity index (χ1n) is 6.12. The Bertz CT molecular complexity index is 285. The summed E-state index contributed by atoms with van der Waals surface area (Å²) in [5.41, 5.74) is 1.96. The van der Waals surface area contributed by atoms with Crippen LogP contribution in [0.1, 0.15) is 45.5 Å². The van der Waals surface area contributed by atoms with E-state index < -0.39 is 0 Å². The highest BCUT2D eigenvalue weighted by atomic mass is 32.2. The number of aromatic nitrogens is 2. The molecular weight excluding hydrogens is 230 g/mol. The molecule has 1 aromatic rings. The molecule has 2 N–H and O–H groups in total. The number of nitrogens with zero attached hydrogens (tertiary/aromatic N) is 2. The van der Waals surface area contributed by atoms with E-state index in [0.717, 1.165) is 23.7 Å². The van der Waals surface area contributed by atoms with Gasteiger partial charge in [-0.05, 0) is 12.8 Å². The molecule has 1 unspecified atom stereocenters. The van der Waals surface area contributed by atoms with Crippen molar-refractivity contribution in [3.05, 3.63) is 23.8 Å². The van der Waals surface area contributed by atoms with E-state index in [-0.39, 0.29) is 0 Å². The highest BCUT2D eigenvalue weighted by molar-refractivity contribution is 7.97. The summed E-state index contributed by atoms with van der Waals surface area (Å²) >= 11 is 1.36. The fourth-order valence-corrected chi connectivity index (χ4v) is 1.13. The van der Waals surface area contributed by atoms with Crippen molar-refractivity contribution in [2.75, 3.05) is 0 Å². The highest BCUT2D eigenvalue weighted by Crippen LogP contribution is 2.07. The standard InChI is InChI=1S/C8H13N3S.C5H12/c1-6-4-11-8(5-10-6)3-7(2)12-9;1-4-5(2)3/h4-5,7H,3,9H2,1-2H3;5H,4H2,1-3H3. The van der Waals surface area contributed by atoms with Crippen LogP contribution < -0.4 is 5.14 Å². The van der Waals surface area contributed by atoms with Gasteiger partial charge in [0, 0.05) is 24.1 Å². The number of hydrogen-bond donors (Lipinski definition) is 1. The third kappa shape index (κ3) is 9.12. The van der Waals surface area contributed by atoms with Gasteiger partial charge in [0.05, 0.1) is 11.4 Å². The zero-order valence-corrected chi connectivity index (χ0v) is 12.4. The first-order valence-corrected chi connectivity index (χ1v) is 7.06. The Morgan fingerprint density at radius 2 is 1.82 bits per heavy atom. The SMILES string of the molecule is CCC(C)C.Cc1cnc(CC(C)SN)cn1. The van der Waals surface area contributed by atoms with Gasteiger partial charge >= 0.3 is 0 Å². The lowest BCUT2D eigenvalue weighted by Gasteiger charge is -2.05. The first kappa shape index (κ1) is 16.4. The third-order valence-electron chi connectivity index (χ3n) is 2.38. The van der Waals surface area contributed by atoms with E-state index >= 15 is 0 Å². The second-order valence-corrected chi connectivity index (χ2v) is 5.68. The van der Waals surface area contributed by atoms with Gasteiger partial charge in [-0.15, -0.1) is 0 Å². The molecule has 0 radical (unpaired) electrons. The average Bonchev–Trinajstić information content (AvgIpc) is 2.32. The molecule has 0 aromatic carbocycles. The van der Waals surface area contributed by atoms with Crippen molar-refractivity contribution < 1.29 is 0 Å². The molecule has 98 valence electrons. The van der Waals surface area contributed by atoms with Gasteiger partial charge in [0.2, 0.25) is 0 Å². The summed E-state index contributed by atoms with van der Waals surface area (Å²) in [5, 5.41) is 5.82. The highest BCUT2D eigenvalue weighted by Gasteiger charge is 2.02. The molecule has 1 atom stereocenters. The predicted molar refractivity (Wildman–Crippen MR) is 76.8 cm³/mol. The van der Waals surface area contributed by atoms with Gasteiger partial charge in [-0.3, -0.25) is 15.1 Å². The monoisotopic (exact) mass is 255 g/mol. The van der Waals surface area contributed by atoms with Crippen molar-refractivity contribution in [2.45, 2.75) is 52.7 Å². The summed E-state index contributed by atoms with van der Waals surface area (Å²) in [6.07, 6.45) is 5.78. The summed E-state index contributed by atoms with van der Waals surface area (Å²) in [6.45, 7) is 10.6. The summed E-state index contributed by atoms with van der Waals surface area (Å²) in [6, 6.07) is 0. The van der Waals surface area contributed by atoms with Crippen LogP contribution in [0.2, 0.25) is 0 Å². The fourth-order valence-electron chi connectivity index (χ4n) is 0.867. The molecule has 1 rings (SSSR count). The lowest BCUT2D eigenvalue weighted by molar-refractivity contribution is 0.626. The molecule has 0 amide bonds. The second-order valence-electron chi connectivity index (χ2n) is 4.60. The normalized spacial score (nSPS) is 11.9. The minimum atomic E-state index is 0.405. The Hall–Kier alpha value is -0.610. The van der Waals surface area contributed by atoms with Crippen LogP contribution in [-0.2, 0) is 6.42 Å². The van der Waals surface area contributed by atoms with Crippen molar-refractivity contribution in [3.8, 4) is 0 Å². The summed E-state index contributed by atoms with van der Waals surface area (Å²) in [5.74, 6) is 0.884. The Morgan fingerprint density at radius 1 is 1.24 bits per heavy atom. The van der Waals surface area contributed by atoms with Gasteiger partial charge in [-0.25, -0.2) is 0 Å². The largest absolute Gasteiger partial charge is 0.278 e. The van der Waals surface area contributed by atoms with Crippen LogP contribution in [0.15, 0.2) is 12.4 Å². The van der Waals surface area contributed by atoms with E-state index in [4.69, 9.17) is 5.14 Å². The topological polar surface area (TPSA) is 51.8 Å². The number of aryl methyl sites for hydroxylation is 1. The number of rotatable bonds is 4. The summed E-state index contributed by atoms with van der Waals surface area (Å²) in [7, 11) is 0. The minimum Gasteiger partial charge on any atom is -0.278 e. The zero-order chi connectivity index (χ0) is 13.3. The Morgan fingerprint density at radius 3 is 2.18 bits per heavy atom. The van der Waals surface area contributed by atoms with E-state index in [1.807, 2.05) is 13.1 Å². The molecule has 0 aliphatic rings. The molecule has 0 saturated carbocycles. The zero-order valence-electron chi connectivity index (χ0n) is 11.6. The lowest BCUT2D eigenvalue weighted by Crippen LogP contribution is -2.06. The first-order chi connectivity index (χ1) is 7.99. The quantitative estimate of drug-likeness (QED) is 0.838. The molecular formula is C13H25N3S. The smallest absolute Gasteiger partial charge is 0.0598 e. The van der Waals surface area contributed by atoms with Gasteiger partial charge in [0.25, 0.3) is 0 Å². The molecule has 0 bridgehead atoms. The molecule has 4 heteroatoms. The van der Waals surface area contributed by atoms with Crippen molar-refractivity contribution in [2.24, 2.45) is 11.1 Å². The summed E-state index contributed by atoms with van der Waals surface area (Å²) in [4.78, 5) is 8.39.